The summed E-state index contributed by atoms with van der Waals surface area (Å²) in [5.41, 5.74) is 2.01. The number of aliphatic hydroxyl groups excluding tert-OH is 1. The summed E-state index contributed by atoms with van der Waals surface area (Å²) < 4.78 is 0. The highest BCUT2D eigenvalue weighted by Gasteiger charge is 2.56. The van der Waals surface area contributed by atoms with Crippen molar-refractivity contribution >= 4 is 0 Å². The van der Waals surface area contributed by atoms with E-state index < -0.39 is 0 Å². The first-order valence-corrected chi connectivity index (χ1v) is 13.6. The van der Waals surface area contributed by atoms with Crippen molar-refractivity contribution in [3.8, 4) is 0 Å². The molecule has 4 rings (SSSR count). The second-order valence-corrected chi connectivity index (χ2v) is 12.7. The van der Waals surface area contributed by atoms with Gasteiger partial charge in [0.1, 0.15) is 0 Å². The van der Waals surface area contributed by atoms with Crippen molar-refractivity contribution in [1.29, 1.82) is 0 Å². The molecular formula is C29H50O. The van der Waals surface area contributed by atoms with Gasteiger partial charge in [-0.25, -0.2) is 0 Å². The summed E-state index contributed by atoms with van der Waals surface area (Å²) in [7, 11) is 0. The first kappa shape index (κ1) is 22.9. The zero-order valence-corrected chi connectivity index (χ0v) is 20.9. The summed E-state index contributed by atoms with van der Waals surface area (Å²) in [5.74, 6) is 8.28. The van der Waals surface area contributed by atoms with E-state index in [9.17, 15) is 5.11 Å². The summed E-state index contributed by atoms with van der Waals surface area (Å²) in [6.45, 7) is 15.0. The van der Waals surface area contributed by atoms with Crippen LogP contribution in [0, 0.1) is 58.7 Å². The third-order valence-electron chi connectivity index (χ3n) is 11.0. The maximum atomic E-state index is 10.3. The van der Waals surface area contributed by atoms with Crippen molar-refractivity contribution in [1.82, 2.24) is 0 Å². The molecule has 1 heteroatoms. The molecule has 0 aromatic rings. The van der Waals surface area contributed by atoms with Crippen molar-refractivity contribution in [2.75, 3.05) is 0 Å². The van der Waals surface area contributed by atoms with E-state index in [1.54, 1.807) is 5.57 Å². The fourth-order valence-corrected chi connectivity index (χ4v) is 9.13. The minimum atomic E-state index is -0.0795. The van der Waals surface area contributed by atoms with Gasteiger partial charge >= 0.3 is 0 Å². The van der Waals surface area contributed by atoms with Crippen molar-refractivity contribution in [2.45, 2.75) is 112 Å². The minimum Gasteiger partial charge on any atom is -0.393 e. The largest absolute Gasteiger partial charge is 0.393 e. The van der Waals surface area contributed by atoms with Crippen LogP contribution in [0.4, 0.5) is 0 Å². The van der Waals surface area contributed by atoms with E-state index >= 15 is 0 Å². The van der Waals surface area contributed by atoms with Crippen LogP contribution in [-0.4, -0.2) is 11.2 Å². The van der Waals surface area contributed by atoms with Gasteiger partial charge in [-0.3, -0.25) is 0 Å². The van der Waals surface area contributed by atoms with Gasteiger partial charge in [0.05, 0.1) is 6.10 Å². The predicted octanol–water partition coefficient (Wildman–Crippen LogP) is 7.88. The molecule has 0 amide bonds. The Labute approximate surface area is 187 Å². The maximum absolute atomic E-state index is 10.3. The lowest BCUT2D eigenvalue weighted by atomic mass is 9.48. The fraction of sp³-hybridized carbons (Fsp3) is 0.931. The van der Waals surface area contributed by atoms with Gasteiger partial charge in [0.2, 0.25) is 0 Å². The van der Waals surface area contributed by atoms with Gasteiger partial charge in [-0.05, 0) is 110 Å². The highest BCUT2D eigenvalue weighted by Crippen LogP contribution is 2.64. The normalized spacial score (nSPS) is 45.3. The zero-order chi connectivity index (χ0) is 21.6. The molecule has 1 N–H and O–H groups in total. The molecule has 0 aromatic carbocycles. The summed E-state index contributed by atoms with van der Waals surface area (Å²) >= 11 is 0. The van der Waals surface area contributed by atoms with E-state index in [0.29, 0.717) is 5.41 Å². The molecule has 0 aromatic heterocycles. The Bertz CT molecular complexity index is 620. The van der Waals surface area contributed by atoms with Crippen LogP contribution >= 0.6 is 0 Å². The highest BCUT2D eigenvalue weighted by atomic mass is 16.3. The van der Waals surface area contributed by atoms with E-state index in [4.69, 9.17) is 0 Å². The van der Waals surface area contributed by atoms with E-state index in [0.717, 1.165) is 66.1 Å². The standard InChI is InChI=1S/C29H50O/c1-7-21(18(2)3)9-8-19(4)24-12-13-26-25-11-10-22-17-23(30)14-15-29(22,6)27(25)16-20(5)28(24)26/h10,18-21,23-28,30H,7-9,11-17H2,1-6H3/t19-,20-,21-,23+,24-,25-,26-,27-,28+,29+/m1/s1. The van der Waals surface area contributed by atoms with Gasteiger partial charge in [0, 0.05) is 0 Å². The number of aliphatic hydroxyl groups is 1. The van der Waals surface area contributed by atoms with Gasteiger partial charge in [-0.1, -0.05) is 66.0 Å². The SMILES string of the molecule is CC[C@H](CC[C@@H](C)[C@H]1CC[C@@H]2[C@H]3CC=C4C[C@@H](O)CC[C@]4(C)[C@@H]3C[C@@H](C)[C@H]21)C(C)C. The van der Waals surface area contributed by atoms with Crippen LogP contribution in [0.5, 0.6) is 0 Å². The molecule has 0 spiro atoms. The average molecular weight is 415 g/mol. The van der Waals surface area contributed by atoms with Gasteiger partial charge in [-0.15, -0.1) is 0 Å². The molecule has 4 aliphatic rings. The topological polar surface area (TPSA) is 20.2 Å². The van der Waals surface area contributed by atoms with Gasteiger partial charge in [0.25, 0.3) is 0 Å². The molecule has 10 atom stereocenters. The lowest BCUT2D eigenvalue weighted by Gasteiger charge is -2.57. The summed E-state index contributed by atoms with van der Waals surface area (Å²) in [4.78, 5) is 0. The Morgan fingerprint density at radius 2 is 1.87 bits per heavy atom. The molecule has 1 nitrogen and oxygen atoms in total. The third-order valence-corrected chi connectivity index (χ3v) is 11.0. The predicted molar refractivity (Wildman–Crippen MR) is 128 cm³/mol. The molecule has 0 bridgehead atoms. The second-order valence-electron chi connectivity index (χ2n) is 12.7. The lowest BCUT2D eigenvalue weighted by Crippen LogP contribution is -2.50. The number of allylic oxidation sites excluding steroid dienone is 1. The van der Waals surface area contributed by atoms with E-state index in [-0.39, 0.29) is 6.10 Å². The Balaban J connectivity index is 1.47. The Morgan fingerprint density at radius 3 is 2.57 bits per heavy atom. The summed E-state index contributed by atoms with van der Waals surface area (Å²) in [5, 5.41) is 10.3. The van der Waals surface area contributed by atoms with E-state index in [1.165, 1.54) is 51.4 Å². The molecule has 0 heterocycles. The number of fused-ring (bicyclic) bond motifs is 5. The Hall–Kier alpha value is -0.300. The van der Waals surface area contributed by atoms with Crippen molar-refractivity contribution in [2.24, 2.45) is 58.7 Å². The maximum Gasteiger partial charge on any atom is 0.0577 e. The van der Waals surface area contributed by atoms with Crippen LogP contribution in [0.3, 0.4) is 0 Å². The summed E-state index contributed by atoms with van der Waals surface area (Å²) in [6, 6.07) is 0. The van der Waals surface area contributed by atoms with Crippen LogP contribution in [0.25, 0.3) is 0 Å². The average Bonchev–Trinajstić information content (AvgIpc) is 3.15. The molecule has 30 heavy (non-hydrogen) atoms. The molecule has 0 radical (unpaired) electrons. The smallest absolute Gasteiger partial charge is 0.0577 e. The molecule has 3 saturated carbocycles. The third kappa shape index (κ3) is 3.95. The van der Waals surface area contributed by atoms with Gasteiger partial charge < -0.3 is 5.11 Å². The number of hydrogen-bond acceptors (Lipinski definition) is 1. The Kier molecular flexibility index (Phi) is 6.80. The first-order valence-electron chi connectivity index (χ1n) is 13.6. The molecular weight excluding hydrogens is 364 g/mol. The van der Waals surface area contributed by atoms with Crippen molar-refractivity contribution in [3.05, 3.63) is 11.6 Å². The van der Waals surface area contributed by atoms with Crippen LogP contribution in [0.1, 0.15) is 106 Å². The quantitative estimate of drug-likeness (QED) is 0.438. The molecule has 0 unspecified atom stereocenters. The van der Waals surface area contributed by atoms with Crippen LogP contribution < -0.4 is 0 Å². The Morgan fingerprint density at radius 1 is 1.10 bits per heavy atom. The van der Waals surface area contributed by atoms with Crippen LogP contribution in [0.2, 0.25) is 0 Å². The lowest BCUT2D eigenvalue weighted by molar-refractivity contribution is -0.0409. The van der Waals surface area contributed by atoms with Gasteiger partial charge in [-0.2, -0.15) is 0 Å². The molecule has 3 fully saturated rings. The molecule has 0 aliphatic heterocycles. The second kappa shape index (κ2) is 8.92. The summed E-state index contributed by atoms with van der Waals surface area (Å²) in [6.07, 6.45) is 15.7. The molecule has 0 saturated heterocycles. The van der Waals surface area contributed by atoms with E-state index in [2.05, 4.69) is 47.6 Å². The monoisotopic (exact) mass is 414 g/mol. The van der Waals surface area contributed by atoms with Crippen molar-refractivity contribution in [3.63, 3.8) is 0 Å². The zero-order valence-electron chi connectivity index (χ0n) is 20.9. The first-order chi connectivity index (χ1) is 14.3. The van der Waals surface area contributed by atoms with Gasteiger partial charge in [0.15, 0.2) is 0 Å². The molecule has 172 valence electrons. The van der Waals surface area contributed by atoms with E-state index in [1.807, 2.05) is 0 Å². The van der Waals surface area contributed by atoms with Crippen LogP contribution in [0.15, 0.2) is 11.6 Å². The van der Waals surface area contributed by atoms with Crippen LogP contribution in [-0.2, 0) is 0 Å². The number of rotatable bonds is 6. The fourth-order valence-electron chi connectivity index (χ4n) is 9.13. The highest BCUT2D eigenvalue weighted by molar-refractivity contribution is 5.25. The van der Waals surface area contributed by atoms with Crippen molar-refractivity contribution < 1.29 is 5.11 Å². The number of hydrogen-bond donors (Lipinski definition) is 1. The minimum absolute atomic E-state index is 0.0795. The molecule has 4 aliphatic carbocycles.